The van der Waals surface area contributed by atoms with Gasteiger partial charge in [0.15, 0.2) is 5.41 Å². The standard InChI is InChI=1S/C21H22N6O3/c28-20(17-6-8-18(9-7-17)27(29)30)23-22-19(16-4-2-1-3-5-16)21-10-24-13-25(11-21)15-26(12-21)14-24/h1-9H,10-15H2,(H,23,28)/p+3. The number of nitro groups is 1. The van der Waals surface area contributed by atoms with Crippen molar-refractivity contribution in [2.75, 3.05) is 39.6 Å². The minimum absolute atomic E-state index is 0.0420. The van der Waals surface area contributed by atoms with Crippen LogP contribution in [0.25, 0.3) is 0 Å². The number of nitrogens with one attached hydrogen (secondary N) is 4. The fraction of sp³-hybridized carbons (Fsp3) is 0.333. The van der Waals surface area contributed by atoms with E-state index in [1.54, 1.807) is 14.7 Å². The SMILES string of the molecule is O=C(NN=C(c1ccccc1)C12C[NH+]3C[NH+](C[NH+](C3)C1)C2)c1ccc([N+](=O)[O-])cc1. The Morgan fingerprint density at radius 2 is 1.47 bits per heavy atom. The second-order valence-electron chi connectivity index (χ2n) is 8.66. The highest BCUT2D eigenvalue weighted by molar-refractivity contribution is 6.06. The maximum absolute atomic E-state index is 12.7. The van der Waals surface area contributed by atoms with Crippen LogP contribution in [0.4, 0.5) is 5.69 Å². The average molecular weight is 409 g/mol. The van der Waals surface area contributed by atoms with Gasteiger partial charge in [0.1, 0.15) is 19.6 Å². The summed E-state index contributed by atoms with van der Waals surface area (Å²) in [5, 5.41) is 15.5. The van der Waals surface area contributed by atoms with Crippen LogP contribution >= 0.6 is 0 Å². The van der Waals surface area contributed by atoms with Crippen LogP contribution in [0.15, 0.2) is 59.7 Å². The average Bonchev–Trinajstić information content (AvgIpc) is 2.73. The van der Waals surface area contributed by atoms with Crippen LogP contribution in [0.2, 0.25) is 0 Å². The number of amides is 1. The Balaban J connectivity index is 1.45. The van der Waals surface area contributed by atoms with Crippen LogP contribution < -0.4 is 20.1 Å². The van der Waals surface area contributed by atoms with Crippen molar-refractivity contribution in [1.29, 1.82) is 0 Å². The first-order valence-electron chi connectivity index (χ1n) is 10.2. The van der Waals surface area contributed by atoms with Crippen LogP contribution in [0.1, 0.15) is 15.9 Å². The number of hydrazone groups is 1. The monoisotopic (exact) mass is 409 g/mol. The Hall–Kier alpha value is -3.14. The van der Waals surface area contributed by atoms with E-state index < -0.39 is 4.92 Å². The van der Waals surface area contributed by atoms with Crippen LogP contribution in [-0.2, 0) is 0 Å². The number of non-ortho nitro benzene ring substituents is 1. The van der Waals surface area contributed by atoms with Crippen molar-refractivity contribution in [3.63, 3.8) is 0 Å². The predicted octanol–water partition coefficient (Wildman–Crippen LogP) is -2.72. The first-order chi connectivity index (χ1) is 14.5. The van der Waals surface area contributed by atoms with Crippen LogP contribution in [0.3, 0.4) is 0 Å². The number of carbonyl (C=O) groups is 1. The number of benzene rings is 2. The lowest BCUT2D eigenvalue weighted by molar-refractivity contribution is -1.30. The van der Waals surface area contributed by atoms with Gasteiger partial charge in [0.05, 0.1) is 10.6 Å². The lowest BCUT2D eigenvalue weighted by atomic mass is 9.74. The highest BCUT2D eigenvalue weighted by Gasteiger charge is 2.60. The summed E-state index contributed by atoms with van der Waals surface area (Å²) in [4.78, 5) is 27.8. The molecule has 9 heteroatoms. The highest BCUT2D eigenvalue weighted by atomic mass is 16.6. The van der Waals surface area contributed by atoms with E-state index in [0.29, 0.717) is 5.56 Å². The molecule has 4 saturated heterocycles. The van der Waals surface area contributed by atoms with Crippen molar-refractivity contribution < 1.29 is 24.4 Å². The van der Waals surface area contributed by atoms with Gasteiger partial charge in [0, 0.05) is 17.7 Å². The Labute approximate surface area is 173 Å². The summed E-state index contributed by atoms with van der Waals surface area (Å²) in [5.41, 5.74) is 4.93. The number of nitro benzene ring substituents is 1. The number of nitrogens with zero attached hydrogens (tertiary/aromatic N) is 2. The van der Waals surface area contributed by atoms with Gasteiger partial charge in [-0.25, -0.2) is 20.1 Å². The molecule has 2 aromatic carbocycles. The van der Waals surface area contributed by atoms with E-state index in [1.807, 2.05) is 18.2 Å². The third-order valence-corrected chi connectivity index (χ3v) is 6.42. The molecule has 4 N–H and O–H groups in total. The first kappa shape index (κ1) is 18.9. The Bertz CT molecular complexity index is 970. The fourth-order valence-electron chi connectivity index (χ4n) is 5.49. The molecule has 4 bridgehead atoms. The van der Waals surface area contributed by atoms with E-state index in [9.17, 15) is 14.9 Å². The molecule has 0 unspecified atom stereocenters. The second kappa shape index (κ2) is 7.28. The van der Waals surface area contributed by atoms with Crippen LogP contribution in [0, 0.1) is 15.5 Å². The van der Waals surface area contributed by atoms with E-state index in [2.05, 4.69) is 22.7 Å². The van der Waals surface area contributed by atoms with Crippen molar-refractivity contribution in [3.05, 3.63) is 75.8 Å². The number of rotatable bonds is 5. The first-order valence-corrected chi connectivity index (χ1v) is 10.2. The van der Waals surface area contributed by atoms with E-state index in [-0.39, 0.29) is 17.0 Å². The minimum atomic E-state index is -0.479. The van der Waals surface area contributed by atoms with Gasteiger partial charge in [0.2, 0.25) is 20.0 Å². The number of hydrogen-bond donors (Lipinski definition) is 4. The summed E-state index contributed by atoms with van der Waals surface area (Å²) in [6.45, 7) is 6.55. The molecule has 30 heavy (non-hydrogen) atoms. The largest absolute Gasteiger partial charge is 0.271 e. The van der Waals surface area contributed by atoms with Gasteiger partial charge in [-0.3, -0.25) is 14.9 Å². The van der Waals surface area contributed by atoms with Crippen LogP contribution in [-0.4, -0.2) is 56.2 Å². The van der Waals surface area contributed by atoms with Crippen molar-refractivity contribution in [2.45, 2.75) is 0 Å². The minimum Gasteiger partial charge on any atom is -0.267 e. The fourth-order valence-corrected chi connectivity index (χ4v) is 5.49. The Morgan fingerprint density at radius 3 is 2.00 bits per heavy atom. The van der Waals surface area contributed by atoms with Crippen molar-refractivity contribution in [1.82, 2.24) is 5.43 Å². The smallest absolute Gasteiger partial charge is 0.267 e. The van der Waals surface area contributed by atoms with Gasteiger partial charge in [-0.2, -0.15) is 5.10 Å². The van der Waals surface area contributed by atoms with Crippen molar-refractivity contribution >= 4 is 17.3 Å². The zero-order chi connectivity index (χ0) is 20.7. The molecule has 0 radical (unpaired) electrons. The molecule has 4 fully saturated rings. The van der Waals surface area contributed by atoms with Crippen LogP contribution in [0.5, 0.6) is 0 Å². The third kappa shape index (κ3) is 3.36. The summed E-state index contributed by atoms with van der Waals surface area (Å²) < 4.78 is 0. The lowest BCUT2D eigenvalue weighted by Crippen LogP contribution is -3.56. The number of quaternary nitrogens is 3. The van der Waals surface area contributed by atoms with E-state index in [0.717, 1.165) is 50.9 Å². The maximum Gasteiger partial charge on any atom is 0.271 e. The number of hydrogen-bond acceptors (Lipinski definition) is 4. The Kier molecular flexibility index (Phi) is 4.58. The van der Waals surface area contributed by atoms with Gasteiger partial charge in [-0.05, 0) is 17.7 Å². The topological polar surface area (TPSA) is 97.9 Å². The third-order valence-electron chi connectivity index (χ3n) is 6.42. The molecular formula is C21H25N6O3+3. The summed E-state index contributed by atoms with van der Waals surface area (Å²) in [7, 11) is 0. The lowest BCUT2D eigenvalue weighted by Gasteiger charge is -2.52. The molecule has 6 rings (SSSR count). The summed E-state index contributed by atoms with van der Waals surface area (Å²) in [6, 6.07) is 15.7. The van der Waals surface area contributed by atoms with Gasteiger partial charge in [0.25, 0.3) is 11.6 Å². The molecule has 2 aromatic rings. The predicted molar refractivity (Wildman–Crippen MR) is 108 cm³/mol. The molecule has 0 saturated carbocycles. The molecule has 0 spiro atoms. The summed E-state index contributed by atoms with van der Waals surface area (Å²) >= 11 is 0. The molecule has 0 atom stereocenters. The van der Waals surface area contributed by atoms with E-state index >= 15 is 0 Å². The maximum atomic E-state index is 12.7. The molecule has 4 aliphatic rings. The normalized spacial score (nSPS) is 29.6. The molecule has 4 heterocycles. The summed E-state index contributed by atoms with van der Waals surface area (Å²) in [6.07, 6.45) is 0. The second-order valence-corrected chi connectivity index (χ2v) is 8.66. The van der Waals surface area contributed by atoms with Gasteiger partial charge >= 0.3 is 0 Å². The molecule has 0 aliphatic carbocycles. The van der Waals surface area contributed by atoms with E-state index in [1.165, 1.54) is 24.3 Å². The molecule has 4 aliphatic heterocycles. The molecule has 1 amide bonds. The zero-order valence-electron chi connectivity index (χ0n) is 16.6. The molecule has 9 nitrogen and oxygen atoms in total. The van der Waals surface area contributed by atoms with Gasteiger partial charge in [-0.15, -0.1) is 0 Å². The molecular weight excluding hydrogens is 384 g/mol. The van der Waals surface area contributed by atoms with Crippen molar-refractivity contribution in [3.8, 4) is 0 Å². The quantitative estimate of drug-likeness (QED) is 0.246. The van der Waals surface area contributed by atoms with E-state index in [4.69, 9.17) is 0 Å². The van der Waals surface area contributed by atoms with Gasteiger partial charge < -0.3 is 0 Å². The van der Waals surface area contributed by atoms with Crippen molar-refractivity contribution in [2.24, 2.45) is 10.5 Å². The summed E-state index contributed by atoms with van der Waals surface area (Å²) in [5.74, 6) is -0.365. The zero-order valence-corrected chi connectivity index (χ0v) is 16.6. The Morgan fingerprint density at radius 1 is 0.900 bits per heavy atom. The molecule has 154 valence electrons. The van der Waals surface area contributed by atoms with Gasteiger partial charge in [-0.1, -0.05) is 30.3 Å². The highest BCUT2D eigenvalue weighted by Crippen LogP contribution is 2.23. The molecule has 0 aromatic heterocycles. The number of carbonyl (C=O) groups excluding carboxylic acids is 1.